The largest absolute Gasteiger partial charge is 0.481 e. The first kappa shape index (κ1) is 21.3. The van der Waals surface area contributed by atoms with E-state index in [2.05, 4.69) is 41.0 Å². The summed E-state index contributed by atoms with van der Waals surface area (Å²) in [7, 11) is 0. The van der Waals surface area contributed by atoms with Gasteiger partial charge in [-0.1, -0.05) is 34.6 Å². The van der Waals surface area contributed by atoms with Crippen molar-refractivity contribution in [2.24, 2.45) is 50.7 Å². The van der Waals surface area contributed by atoms with Gasteiger partial charge in [-0.05, 0) is 116 Å². The second kappa shape index (κ2) is 6.27. The molecule has 30 heavy (non-hydrogen) atoms. The smallest absolute Gasteiger partial charge is 0.309 e. The normalized spacial score (nSPS) is 56.9. The molecule has 9 atom stereocenters. The van der Waals surface area contributed by atoms with E-state index in [4.69, 9.17) is 0 Å². The Morgan fingerprint density at radius 2 is 1.57 bits per heavy atom. The number of hydrogen-bond donors (Lipinski definition) is 2. The van der Waals surface area contributed by atoms with Crippen molar-refractivity contribution in [3.63, 3.8) is 0 Å². The molecule has 3 heteroatoms. The average Bonchev–Trinajstić information content (AvgIpc) is 3.11. The summed E-state index contributed by atoms with van der Waals surface area (Å²) in [6, 6.07) is 0. The molecule has 0 unspecified atom stereocenters. The highest BCUT2D eigenvalue weighted by Gasteiger charge is 2.70. The van der Waals surface area contributed by atoms with Crippen molar-refractivity contribution in [2.45, 2.75) is 105 Å². The van der Waals surface area contributed by atoms with Crippen LogP contribution in [0.3, 0.4) is 0 Å². The molecule has 0 aromatic carbocycles. The fraction of sp³-hybridized carbons (Fsp3) is 0.926. The number of carboxylic acid groups (broad SMARTS) is 1. The van der Waals surface area contributed by atoms with E-state index in [1.165, 1.54) is 25.7 Å². The summed E-state index contributed by atoms with van der Waals surface area (Å²) < 4.78 is 0. The van der Waals surface area contributed by atoms with Crippen LogP contribution in [-0.4, -0.2) is 22.3 Å². The summed E-state index contributed by atoms with van der Waals surface area (Å²) >= 11 is 0. The molecule has 5 fully saturated rings. The lowest BCUT2D eigenvalue weighted by Crippen LogP contribution is -2.66. The van der Waals surface area contributed by atoms with Gasteiger partial charge in [-0.25, -0.2) is 0 Å². The highest BCUT2D eigenvalue weighted by molar-refractivity contribution is 5.76. The van der Waals surface area contributed by atoms with Crippen molar-refractivity contribution in [1.82, 2.24) is 0 Å². The molecule has 0 spiro atoms. The third kappa shape index (κ3) is 2.29. The molecule has 0 heterocycles. The molecule has 0 aromatic heterocycles. The van der Waals surface area contributed by atoms with Crippen LogP contribution in [0.25, 0.3) is 0 Å². The zero-order valence-electron chi connectivity index (χ0n) is 19.8. The number of fused-ring (bicyclic) bond motifs is 7. The third-order valence-electron chi connectivity index (χ3n) is 12.5. The van der Waals surface area contributed by atoms with Gasteiger partial charge in [-0.3, -0.25) is 4.79 Å². The number of hydrogen-bond acceptors (Lipinski definition) is 2. The molecule has 0 bridgehead atoms. The Kier molecular flexibility index (Phi) is 4.45. The monoisotopic (exact) mass is 415 g/mol. The molecule has 0 amide bonds. The number of rotatable bonds is 1. The van der Waals surface area contributed by atoms with Crippen molar-refractivity contribution in [3.05, 3.63) is 6.42 Å². The van der Waals surface area contributed by atoms with Crippen molar-refractivity contribution in [2.75, 3.05) is 0 Å². The molecule has 5 rings (SSSR count). The van der Waals surface area contributed by atoms with Gasteiger partial charge in [0.2, 0.25) is 0 Å². The van der Waals surface area contributed by atoms with Gasteiger partial charge in [0.1, 0.15) is 0 Å². The predicted octanol–water partition coefficient (Wildman–Crippen LogP) is 6.10. The van der Waals surface area contributed by atoms with Crippen LogP contribution in [-0.2, 0) is 4.79 Å². The highest BCUT2D eigenvalue weighted by Crippen LogP contribution is 2.76. The average molecular weight is 416 g/mol. The molecule has 5 aliphatic carbocycles. The number of carbonyl (C=O) groups is 1. The minimum atomic E-state index is -0.533. The van der Waals surface area contributed by atoms with Gasteiger partial charge < -0.3 is 10.2 Å². The van der Waals surface area contributed by atoms with E-state index in [-0.39, 0.29) is 28.3 Å². The number of aliphatic hydroxyl groups is 1. The SMILES string of the molecule is CC1(C)[C@H](O)CC[C@]2(C)[C@H]3CC[C@@H]4[C@@H]5[CH]CC[C@]5(C(=O)O)CC[C@@]4(C)[C@]3(C)CC[C@@H]12. The summed E-state index contributed by atoms with van der Waals surface area (Å²) in [6.45, 7) is 12.3. The predicted molar refractivity (Wildman–Crippen MR) is 119 cm³/mol. The molecule has 0 saturated heterocycles. The second-order valence-corrected chi connectivity index (χ2v) is 13.3. The Bertz CT molecular complexity index is 744. The fourth-order valence-corrected chi connectivity index (χ4v) is 10.6. The molecular formula is C27H43O3. The van der Waals surface area contributed by atoms with Crippen LogP contribution in [0, 0.1) is 57.2 Å². The van der Waals surface area contributed by atoms with Crippen LogP contribution in [0.5, 0.6) is 0 Å². The first-order valence-corrected chi connectivity index (χ1v) is 12.7. The Morgan fingerprint density at radius 3 is 2.27 bits per heavy atom. The molecule has 5 saturated carbocycles. The molecule has 0 aliphatic heterocycles. The number of aliphatic hydroxyl groups excluding tert-OH is 1. The summed E-state index contributed by atoms with van der Waals surface area (Å²) in [5.41, 5.74) is 0.321. The van der Waals surface area contributed by atoms with Crippen LogP contribution in [0.2, 0.25) is 0 Å². The Labute approximate surface area is 183 Å². The quantitative estimate of drug-likeness (QED) is 0.544. The standard InChI is InChI=1S/C27H43O3/c1-23(2)19-10-14-26(5)20(24(19,3)13-11-21(23)28)9-8-17-18-7-6-12-27(18,22(29)30)16-15-25(17,26)4/h7,17-21,28H,6,8-16H2,1-5H3,(H,29,30)/t17-,18+,19+,20-,21-,24+,25-,26-,27+/m1/s1. The first-order chi connectivity index (χ1) is 13.9. The fourth-order valence-electron chi connectivity index (χ4n) is 10.6. The summed E-state index contributed by atoms with van der Waals surface area (Å²) in [6.07, 6.45) is 13.0. The van der Waals surface area contributed by atoms with E-state index in [1.807, 2.05) is 0 Å². The summed E-state index contributed by atoms with van der Waals surface area (Å²) in [4.78, 5) is 12.4. The molecule has 5 aliphatic rings. The van der Waals surface area contributed by atoms with E-state index in [1.54, 1.807) is 0 Å². The molecule has 2 N–H and O–H groups in total. The first-order valence-electron chi connectivity index (χ1n) is 12.7. The van der Waals surface area contributed by atoms with Gasteiger partial charge in [0.25, 0.3) is 0 Å². The van der Waals surface area contributed by atoms with Crippen molar-refractivity contribution < 1.29 is 15.0 Å². The van der Waals surface area contributed by atoms with Crippen LogP contribution >= 0.6 is 0 Å². The second-order valence-electron chi connectivity index (χ2n) is 13.3. The lowest BCUT2D eigenvalue weighted by molar-refractivity contribution is -0.244. The van der Waals surface area contributed by atoms with Crippen LogP contribution in [0.4, 0.5) is 0 Å². The lowest BCUT2D eigenvalue weighted by Gasteiger charge is -2.72. The van der Waals surface area contributed by atoms with Gasteiger partial charge in [0, 0.05) is 0 Å². The zero-order chi connectivity index (χ0) is 21.7. The van der Waals surface area contributed by atoms with E-state index < -0.39 is 11.4 Å². The van der Waals surface area contributed by atoms with Gasteiger partial charge in [0.05, 0.1) is 11.5 Å². The van der Waals surface area contributed by atoms with E-state index >= 15 is 0 Å². The van der Waals surface area contributed by atoms with Crippen molar-refractivity contribution in [1.29, 1.82) is 0 Å². The van der Waals surface area contributed by atoms with E-state index in [0.29, 0.717) is 23.2 Å². The highest BCUT2D eigenvalue weighted by atomic mass is 16.4. The minimum Gasteiger partial charge on any atom is -0.481 e. The maximum atomic E-state index is 12.4. The Hall–Kier alpha value is -0.570. The molecule has 3 nitrogen and oxygen atoms in total. The minimum absolute atomic E-state index is 0.00363. The van der Waals surface area contributed by atoms with E-state index in [0.717, 1.165) is 38.5 Å². The summed E-state index contributed by atoms with van der Waals surface area (Å²) in [5, 5.41) is 21.0. The molecular weight excluding hydrogens is 372 g/mol. The molecule has 169 valence electrons. The molecule has 0 aromatic rings. The van der Waals surface area contributed by atoms with Gasteiger partial charge in [-0.15, -0.1) is 0 Å². The third-order valence-corrected chi connectivity index (χ3v) is 12.5. The lowest BCUT2D eigenvalue weighted by atomic mass is 9.32. The Morgan fingerprint density at radius 1 is 0.833 bits per heavy atom. The van der Waals surface area contributed by atoms with Crippen LogP contribution in [0.1, 0.15) is 98.8 Å². The molecule has 1 radical (unpaired) electrons. The Balaban J connectivity index is 1.53. The van der Waals surface area contributed by atoms with Crippen LogP contribution < -0.4 is 0 Å². The maximum Gasteiger partial charge on any atom is 0.309 e. The van der Waals surface area contributed by atoms with Crippen LogP contribution in [0.15, 0.2) is 0 Å². The van der Waals surface area contributed by atoms with Gasteiger partial charge in [0.15, 0.2) is 0 Å². The number of carboxylic acids is 1. The zero-order valence-corrected chi connectivity index (χ0v) is 19.8. The number of aliphatic carboxylic acids is 1. The topological polar surface area (TPSA) is 57.5 Å². The van der Waals surface area contributed by atoms with Gasteiger partial charge in [-0.2, -0.15) is 0 Å². The van der Waals surface area contributed by atoms with Crippen molar-refractivity contribution >= 4 is 5.97 Å². The van der Waals surface area contributed by atoms with E-state index in [9.17, 15) is 15.0 Å². The van der Waals surface area contributed by atoms with Gasteiger partial charge >= 0.3 is 5.97 Å². The summed E-state index contributed by atoms with van der Waals surface area (Å²) in [5.74, 6) is 1.53. The van der Waals surface area contributed by atoms with Crippen molar-refractivity contribution in [3.8, 4) is 0 Å². The maximum absolute atomic E-state index is 12.4.